The first-order valence-electron chi connectivity index (χ1n) is 8.83. The van der Waals surface area contributed by atoms with Crippen molar-refractivity contribution in [2.24, 2.45) is 0 Å². The molecule has 2 N–H and O–H groups in total. The van der Waals surface area contributed by atoms with Crippen LogP contribution < -0.4 is 14.8 Å². The number of carbonyl (C=O) groups is 1. The molecule has 0 saturated heterocycles. The molecule has 1 fully saturated rings. The number of amides is 1. The molecule has 0 atom stereocenters. The molecule has 28 heavy (non-hydrogen) atoms. The fourth-order valence-corrected chi connectivity index (χ4v) is 4.13. The Hall–Kier alpha value is -2.97. The van der Waals surface area contributed by atoms with Crippen LogP contribution in [0.15, 0.2) is 59.6 Å². The summed E-state index contributed by atoms with van der Waals surface area (Å²) in [5.41, 5.74) is 1.69. The molecule has 1 aromatic heterocycles. The lowest BCUT2D eigenvalue weighted by molar-refractivity contribution is 0.102. The van der Waals surface area contributed by atoms with Crippen molar-refractivity contribution in [2.75, 3.05) is 12.4 Å². The van der Waals surface area contributed by atoms with Gasteiger partial charge in [0.1, 0.15) is 5.75 Å². The number of pyridine rings is 1. The van der Waals surface area contributed by atoms with Gasteiger partial charge >= 0.3 is 0 Å². The average molecular weight is 397 g/mol. The minimum atomic E-state index is -3.54. The van der Waals surface area contributed by atoms with Crippen LogP contribution in [0.1, 0.15) is 23.2 Å². The summed E-state index contributed by atoms with van der Waals surface area (Å²) in [5, 5.41) is 3.61. The third kappa shape index (κ3) is 3.83. The van der Waals surface area contributed by atoms with Crippen LogP contribution in [0.2, 0.25) is 0 Å². The van der Waals surface area contributed by atoms with Gasteiger partial charge < -0.3 is 10.1 Å². The van der Waals surface area contributed by atoms with Gasteiger partial charge in [0.2, 0.25) is 10.0 Å². The van der Waals surface area contributed by atoms with E-state index in [9.17, 15) is 13.2 Å². The third-order valence-corrected chi connectivity index (χ3v) is 6.06. The first-order chi connectivity index (χ1) is 13.5. The molecule has 8 heteroatoms. The maximum atomic E-state index is 12.6. The lowest BCUT2D eigenvalue weighted by atomic mass is 10.1. The second-order valence-corrected chi connectivity index (χ2v) is 8.33. The van der Waals surface area contributed by atoms with Crippen molar-refractivity contribution in [3.05, 3.63) is 60.3 Å². The summed E-state index contributed by atoms with van der Waals surface area (Å²) >= 11 is 0. The standard InChI is InChI=1S/C20H19N3O4S/c1-27-15-6-9-18-17(12-15)19(10-11-21-18)22-20(24)13-2-7-16(8-3-13)28(25,26)23-14-4-5-14/h2-3,6-12,14,23H,4-5H2,1H3,(H,21,22,24). The van der Waals surface area contributed by atoms with Gasteiger partial charge in [-0.1, -0.05) is 0 Å². The Morgan fingerprint density at radius 1 is 1.11 bits per heavy atom. The van der Waals surface area contributed by atoms with E-state index in [0.29, 0.717) is 17.0 Å². The second kappa shape index (κ2) is 7.21. The number of hydrogen-bond donors (Lipinski definition) is 2. The smallest absolute Gasteiger partial charge is 0.255 e. The van der Waals surface area contributed by atoms with Crippen LogP contribution in [-0.4, -0.2) is 32.5 Å². The highest BCUT2D eigenvalue weighted by atomic mass is 32.2. The van der Waals surface area contributed by atoms with Gasteiger partial charge in [0.05, 0.1) is 23.2 Å². The Labute approximate surface area is 162 Å². The summed E-state index contributed by atoms with van der Waals surface area (Å²) in [4.78, 5) is 17.1. The average Bonchev–Trinajstić information content (AvgIpc) is 3.51. The number of methoxy groups -OCH3 is 1. The number of benzene rings is 2. The van der Waals surface area contributed by atoms with Crippen LogP contribution in [0.25, 0.3) is 10.9 Å². The van der Waals surface area contributed by atoms with Crippen LogP contribution >= 0.6 is 0 Å². The van der Waals surface area contributed by atoms with Crippen LogP contribution in [0, 0.1) is 0 Å². The molecule has 0 aliphatic heterocycles. The first kappa shape index (κ1) is 18.4. The Morgan fingerprint density at radius 3 is 2.54 bits per heavy atom. The van der Waals surface area contributed by atoms with Crippen molar-refractivity contribution in [3.8, 4) is 5.75 Å². The van der Waals surface area contributed by atoms with Gasteiger partial charge in [-0.2, -0.15) is 0 Å². The number of ether oxygens (including phenoxy) is 1. The summed E-state index contributed by atoms with van der Waals surface area (Å²) in [6, 6.07) is 13.0. The van der Waals surface area contributed by atoms with E-state index < -0.39 is 10.0 Å². The Morgan fingerprint density at radius 2 is 1.86 bits per heavy atom. The SMILES string of the molecule is COc1ccc2nccc(NC(=O)c3ccc(S(=O)(=O)NC4CC4)cc3)c2c1. The number of sulfonamides is 1. The lowest BCUT2D eigenvalue weighted by Gasteiger charge is -2.10. The summed E-state index contributed by atoms with van der Waals surface area (Å²) in [7, 11) is -1.97. The van der Waals surface area contributed by atoms with Crippen molar-refractivity contribution in [3.63, 3.8) is 0 Å². The zero-order valence-electron chi connectivity index (χ0n) is 15.2. The fourth-order valence-electron chi connectivity index (χ4n) is 2.83. The molecule has 0 unspecified atom stereocenters. The maximum absolute atomic E-state index is 12.6. The molecular weight excluding hydrogens is 378 g/mol. The highest BCUT2D eigenvalue weighted by molar-refractivity contribution is 7.89. The summed E-state index contributed by atoms with van der Waals surface area (Å²) in [6.45, 7) is 0. The molecule has 1 saturated carbocycles. The van der Waals surface area contributed by atoms with E-state index in [1.165, 1.54) is 24.3 Å². The number of anilines is 1. The molecule has 144 valence electrons. The topological polar surface area (TPSA) is 97.4 Å². The minimum absolute atomic E-state index is 0.0323. The van der Waals surface area contributed by atoms with Gasteiger partial charge in [0.15, 0.2) is 0 Å². The fraction of sp³-hybridized carbons (Fsp3) is 0.200. The monoisotopic (exact) mass is 397 g/mol. The van der Waals surface area contributed by atoms with Crippen LogP contribution in [0.4, 0.5) is 5.69 Å². The Balaban J connectivity index is 1.56. The Kier molecular flexibility index (Phi) is 4.74. The second-order valence-electron chi connectivity index (χ2n) is 6.62. The first-order valence-corrected chi connectivity index (χ1v) is 10.3. The van der Waals surface area contributed by atoms with Gasteiger partial charge in [0, 0.05) is 23.2 Å². The molecule has 4 rings (SSSR count). The molecule has 1 aliphatic carbocycles. The van der Waals surface area contributed by atoms with E-state index >= 15 is 0 Å². The number of carbonyl (C=O) groups excluding carboxylic acids is 1. The zero-order valence-corrected chi connectivity index (χ0v) is 16.0. The Bertz CT molecular complexity index is 1140. The molecule has 1 amide bonds. The maximum Gasteiger partial charge on any atom is 0.255 e. The molecule has 0 radical (unpaired) electrons. The van der Waals surface area contributed by atoms with Gasteiger partial charge in [-0.25, -0.2) is 13.1 Å². The molecule has 0 spiro atoms. The molecule has 1 aliphatic rings. The normalized spacial score (nSPS) is 14.0. The summed E-state index contributed by atoms with van der Waals surface area (Å²) < 4.78 is 32.3. The van der Waals surface area contributed by atoms with E-state index in [-0.39, 0.29) is 16.8 Å². The predicted molar refractivity (Wildman–Crippen MR) is 106 cm³/mol. The number of hydrogen-bond acceptors (Lipinski definition) is 5. The largest absolute Gasteiger partial charge is 0.497 e. The highest BCUT2D eigenvalue weighted by Gasteiger charge is 2.28. The van der Waals surface area contributed by atoms with Gasteiger partial charge in [-0.3, -0.25) is 9.78 Å². The number of nitrogens with zero attached hydrogens (tertiary/aromatic N) is 1. The van der Waals surface area contributed by atoms with E-state index in [4.69, 9.17) is 4.74 Å². The van der Waals surface area contributed by atoms with Gasteiger partial charge in [0.25, 0.3) is 5.91 Å². The summed E-state index contributed by atoms with van der Waals surface area (Å²) in [5.74, 6) is 0.322. The van der Waals surface area contributed by atoms with E-state index in [1.807, 2.05) is 6.07 Å². The van der Waals surface area contributed by atoms with Crippen molar-refractivity contribution in [1.29, 1.82) is 0 Å². The molecule has 0 bridgehead atoms. The molecule has 7 nitrogen and oxygen atoms in total. The molecule has 1 heterocycles. The number of rotatable bonds is 6. The van der Waals surface area contributed by atoms with Crippen molar-refractivity contribution in [2.45, 2.75) is 23.8 Å². The van der Waals surface area contributed by atoms with E-state index in [1.54, 1.807) is 31.5 Å². The van der Waals surface area contributed by atoms with Crippen molar-refractivity contribution in [1.82, 2.24) is 9.71 Å². The highest BCUT2D eigenvalue weighted by Crippen LogP contribution is 2.26. The van der Waals surface area contributed by atoms with Gasteiger partial charge in [-0.15, -0.1) is 0 Å². The van der Waals surface area contributed by atoms with E-state index in [0.717, 1.165) is 23.7 Å². The number of nitrogens with one attached hydrogen (secondary N) is 2. The third-order valence-electron chi connectivity index (χ3n) is 4.52. The quantitative estimate of drug-likeness (QED) is 0.667. The number of aromatic nitrogens is 1. The van der Waals surface area contributed by atoms with Crippen LogP contribution in [0.3, 0.4) is 0 Å². The lowest BCUT2D eigenvalue weighted by Crippen LogP contribution is -2.25. The van der Waals surface area contributed by atoms with Gasteiger partial charge in [-0.05, 0) is 61.4 Å². The minimum Gasteiger partial charge on any atom is -0.497 e. The van der Waals surface area contributed by atoms with E-state index in [2.05, 4.69) is 15.0 Å². The summed E-state index contributed by atoms with van der Waals surface area (Å²) in [6.07, 6.45) is 3.35. The predicted octanol–water partition coefficient (Wildman–Crippen LogP) is 2.94. The molecular formula is C20H19N3O4S. The zero-order chi connectivity index (χ0) is 19.7. The van der Waals surface area contributed by atoms with Crippen LogP contribution in [-0.2, 0) is 10.0 Å². The van der Waals surface area contributed by atoms with Crippen LogP contribution in [0.5, 0.6) is 5.75 Å². The molecule has 2 aromatic carbocycles. The van der Waals surface area contributed by atoms with Crippen molar-refractivity contribution >= 4 is 32.5 Å². The van der Waals surface area contributed by atoms with Crippen molar-refractivity contribution < 1.29 is 17.9 Å². The molecule has 3 aromatic rings. The number of fused-ring (bicyclic) bond motifs is 1.